The van der Waals surface area contributed by atoms with Gasteiger partial charge in [-0.1, -0.05) is 11.6 Å². The summed E-state index contributed by atoms with van der Waals surface area (Å²) in [5.41, 5.74) is 0.285. The Morgan fingerprint density at radius 1 is 1.73 bits per heavy atom. The average Bonchev–Trinajstić information content (AvgIpc) is 2.66. The molecule has 0 aliphatic heterocycles. The van der Waals surface area contributed by atoms with Crippen LogP contribution in [0.4, 0.5) is 0 Å². The van der Waals surface area contributed by atoms with Crippen molar-refractivity contribution in [3.63, 3.8) is 0 Å². The topological polar surface area (TPSA) is 42.2 Å². The molecular formula is C9H7BrClNO2S. The SMILES string of the molecule is CCn1c(C(=O)O)cc2c(Cl)c(Br)sc21. The minimum Gasteiger partial charge on any atom is -0.477 e. The van der Waals surface area contributed by atoms with Crippen LogP contribution in [0, 0.1) is 0 Å². The first kappa shape index (κ1) is 11.0. The first-order valence-corrected chi connectivity index (χ1v) is 6.25. The first-order chi connectivity index (χ1) is 7.06. The van der Waals surface area contributed by atoms with Gasteiger partial charge in [-0.3, -0.25) is 0 Å². The maximum Gasteiger partial charge on any atom is 0.352 e. The molecule has 0 spiro atoms. The molecule has 15 heavy (non-hydrogen) atoms. The molecular weight excluding hydrogens is 302 g/mol. The molecule has 0 saturated heterocycles. The first-order valence-electron chi connectivity index (χ1n) is 4.26. The van der Waals surface area contributed by atoms with Crippen LogP contribution in [0.5, 0.6) is 0 Å². The number of aryl methyl sites for hydroxylation is 1. The summed E-state index contributed by atoms with van der Waals surface area (Å²) >= 11 is 10.8. The highest BCUT2D eigenvalue weighted by molar-refractivity contribution is 9.11. The molecule has 0 aromatic carbocycles. The smallest absolute Gasteiger partial charge is 0.352 e. The molecule has 80 valence electrons. The number of carboxylic acids is 1. The maximum absolute atomic E-state index is 11.0. The summed E-state index contributed by atoms with van der Waals surface area (Å²) in [5.74, 6) is -0.924. The molecule has 6 heteroatoms. The second-order valence-corrected chi connectivity index (χ2v) is 5.68. The molecule has 2 aromatic heterocycles. The van der Waals surface area contributed by atoms with E-state index in [1.54, 1.807) is 10.6 Å². The van der Waals surface area contributed by atoms with Crippen LogP contribution >= 0.6 is 38.9 Å². The van der Waals surface area contributed by atoms with Crippen LogP contribution < -0.4 is 0 Å². The number of aromatic carboxylic acids is 1. The zero-order valence-electron chi connectivity index (χ0n) is 7.75. The molecule has 0 saturated carbocycles. The van der Waals surface area contributed by atoms with Crippen LogP contribution in [-0.2, 0) is 6.54 Å². The molecule has 0 radical (unpaired) electrons. The van der Waals surface area contributed by atoms with Crippen molar-refractivity contribution in [2.45, 2.75) is 13.5 Å². The van der Waals surface area contributed by atoms with Crippen molar-refractivity contribution >= 4 is 55.1 Å². The van der Waals surface area contributed by atoms with Crippen LogP contribution in [0.3, 0.4) is 0 Å². The summed E-state index contributed by atoms with van der Waals surface area (Å²) in [6.07, 6.45) is 0. The zero-order chi connectivity index (χ0) is 11.2. The monoisotopic (exact) mass is 307 g/mol. The summed E-state index contributed by atoms with van der Waals surface area (Å²) in [4.78, 5) is 11.9. The number of aromatic nitrogens is 1. The van der Waals surface area contributed by atoms with E-state index >= 15 is 0 Å². The number of nitrogens with zero attached hydrogens (tertiary/aromatic N) is 1. The van der Waals surface area contributed by atoms with E-state index in [1.807, 2.05) is 6.92 Å². The lowest BCUT2D eigenvalue weighted by Gasteiger charge is -2.01. The minimum atomic E-state index is -0.924. The van der Waals surface area contributed by atoms with Gasteiger partial charge in [0.25, 0.3) is 0 Å². The largest absolute Gasteiger partial charge is 0.477 e. The van der Waals surface area contributed by atoms with Gasteiger partial charge in [-0.15, -0.1) is 11.3 Å². The highest BCUT2D eigenvalue weighted by atomic mass is 79.9. The van der Waals surface area contributed by atoms with Gasteiger partial charge in [-0.25, -0.2) is 4.79 Å². The lowest BCUT2D eigenvalue weighted by Crippen LogP contribution is -2.06. The van der Waals surface area contributed by atoms with Gasteiger partial charge >= 0.3 is 5.97 Å². The predicted molar refractivity (Wildman–Crippen MR) is 65.2 cm³/mol. The Hall–Kier alpha value is -0.520. The number of hydrogen-bond acceptors (Lipinski definition) is 2. The van der Waals surface area contributed by atoms with Crippen LogP contribution in [0.1, 0.15) is 17.4 Å². The van der Waals surface area contributed by atoms with E-state index in [0.29, 0.717) is 11.6 Å². The van der Waals surface area contributed by atoms with Gasteiger partial charge in [0.15, 0.2) is 0 Å². The quantitative estimate of drug-likeness (QED) is 0.916. The molecule has 2 rings (SSSR count). The van der Waals surface area contributed by atoms with Crippen molar-refractivity contribution in [2.75, 3.05) is 0 Å². The third kappa shape index (κ3) is 1.58. The van der Waals surface area contributed by atoms with Gasteiger partial charge in [0.05, 0.1) is 8.81 Å². The van der Waals surface area contributed by atoms with E-state index in [4.69, 9.17) is 16.7 Å². The molecule has 0 fully saturated rings. The van der Waals surface area contributed by atoms with Gasteiger partial charge in [0.2, 0.25) is 0 Å². The highest BCUT2D eigenvalue weighted by Crippen LogP contribution is 2.40. The zero-order valence-corrected chi connectivity index (χ0v) is 10.9. The molecule has 2 aromatic rings. The van der Waals surface area contributed by atoms with Crippen LogP contribution in [0.25, 0.3) is 10.2 Å². The van der Waals surface area contributed by atoms with Gasteiger partial charge in [-0.2, -0.15) is 0 Å². The number of carbonyl (C=O) groups is 1. The molecule has 2 heterocycles. The summed E-state index contributed by atoms with van der Waals surface area (Å²) in [5, 5.41) is 10.4. The summed E-state index contributed by atoms with van der Waals surface area (Å²) in [6, 6.07) is 1.62. The van der Waals surface area contributed by atoms with Gasteiger partial charge in [0.1, 0.15) is 10.5 Å². The molecule has 0 atom stereocenters. The summed E-state index contributed by atoms with van der Waals surface area (Å²) in [6.45, 7) is 2.53. The van der Waals surface area contributed by atoms with Gasteiger partial charge in [-0.05, 0) is 28.9 Å². The normalized spacial score (nSPS) is 11.1. The van der Waals surface area contributed by atoms with E-state index in [1.165, 1.54) is 11.3 Å². The maximum atomic E-state index is 11.0. The highest BCUT2D eigenvalue weighted by Gasteiger charge is 2.18. The fourth-order valence-electron chi connectivity index (χ4n) is 1.53. The van der Waals surface area contributed by atoms with Crippen molar-refractivity contribution in [3.8, 4) is 0 Å². The molecule has 3 nitrogen and oxygen atoms in total. The van der Waals surface area contributed by atoms with Crippen molar-refractivity contribution in [1.29, 1.82) is 0 Å². The van der Waals surface area contributed by atoms with E-state index in [9.17, 15) is 4.79 Å². The Labute approximate surface area is 103 Å². The molecule has 0 unspecified atom stereocenters. The van der Waals surface area contributed by atoms with Crippen molar-refractivity contribution in [3.05, 3.63) is 20.6 Å². The Kier molecular flexibility index (Phi) is 2.79. The predicted octanol–water partition coefficient (Wildman–Crippen LogP) is 3.84. The second-order valence-electron chi connectivity index (χ2n) is 2.99. The molecule has 0 aliphatic carbocycles. The van der Waals surface area contributed by atoms with Gasteiger partial charge < -0.3 is 9.67 Å². The minimum absolute atomic E-state index is 0.285. The van der Waals surface area contributed by atoms with E-state index in [0.717, 1.165) is 14.0 Å². The van der Waals surface area contributed by atoms with Crippen LogP contribution in [-0.4, -0.2) is 15.6 Å². The number of carboxylic acid groups (broad SMARTS) is 1. The third-order valence-corrected chi connectivity index (χ3v) is 4.81. The standard InChI is InChI=1S/C9H7BrClNO2S/c1-2-12-5(9(13)14)3-4-6(11)7(10)15-8(4)12/h3H,2H2,1H3,(H,13,14). The lowest BCUT2D eigenvalue weighted by atomic mass is 10.3. The van der Waals surface area contributed by atoms with Crippen molar-refractivity contribution in [1.82, 2.24) is 4.57 Å². The van der Waals surface area contributed by atoms with E-state index in [2.05, 4.69) is 15.9 Å². The van der Waals surface area contributed by atoms with Crippen molar-refractivity contribution in [2.24, 2.45) is 0 Å². The molecule has 0 aliphatic rings. The molecule has 0 bridgehead atoms. The second kappa shape index (κ2) is 3.81. The fraction of sp³-hybridized carbons (Fsp3) is 0.222. The number of fused-ring (bicyclic) bond motifs is 1. The lowest BCUT2D eigenvalue weighted by molar-refractivity contribution is 0.0686. The molecule has 1 N–H and O–H groups in total. The summed E-state index contributed by atoms with van der Waals surface area (Å²) in [7, 11) is 0. The fourth-order valence-corrected chi connectivity index (χ4v) is 3.49. The number of thiophene rings is 1. The van der Waals surface area contributed by atoms with Crippen LogP contribution in [0.15, 0.2) is 9.85 Å². The number of halogens is 2. The van der Waals surface area contributed by atoms with Crippen LogP contribution in [0.2, 0.25) is 5.02 Å². The van der Waals surface area contributed by atoms with E-state index < -0.39 is 5.97 Å². The van der Waals surface area contributed by atoms with E-state index in [-0.39, 0.29) is 5.69 Å². The van der Waals surface area contributed by atoms with Gasteiger partial charge in [0, 0.05) is 11.9 Å². The van der Waals surface area contributed by atoms with Crippen molar-refractivity contribution < 1.29 is 9.90 Å². The Bertz CT molecular complexity index is 546. The number of rotatable bonds is 2. The Balaban J connectivity index is 2.81. The Morgan fingerprint density at radius 3 is 2.93 bits per heavy atom. The Morgan fingerprint density at radius 2 is 2.40 bits per heavy atom. The molecule has 0 amide bonds. The number of hydrogen-bond donors (Lipinski definition) is 1. The third-order valence-electron chi connectivity index (χ3n) is 2.18. The summed E-state index contributed by atoms with van der Waals surface area (Å²) < 4.78 is 2.59. The average molecular weight is 309 g/mol.